The number of carbonyl (C=O) groups is 7. The third-order valence-electron chi connectivity index (χ3n) is 4.38. The largest absolute Gasteiger partial charge is 0.364 e. The van der Waals surface area contributed by atoms with Crippen LogP contribution in [-0.4, -0.2) is 92.8 Å². The van der Waals surface area contributed by atoms with Crippen LogP contribution >= 0.6 is 0 Å². The number of nitrogens with one attached hydrogen (secondary N) is 5. The summed E-state index contributed by atoms with van der Waals surface area (Å²) in [6.07, 6.45) is 4.33. The normalized spacial score (nSPS) is 12.3. The predicted molar refractivity (Wildman–Crippen MR) is 116 cm³/mol. The highest BCUT2D eigenvalue weighted by atomic mass is 16.5. The Balaban J connectivity index is 2.04. The summed E-state index contributed by atoms with van der Waals surface area (Å²) in [6, 6.07) is 0. The van der Waals surface area contributed by atoms with Gasteiger partial charge in [-0.05, 0) is 12.8 Å². The number of carbonyl (C=O) groups excluding carboxylic acids is 7. The molecule has 0 atom stereocenters. The molecule has 7 amide bonds. The first-order valence-electron chi connectivity index (χ1n) is 10.6. The lowest BCUT2D eigenvalue weighted by atomic mass is 10.2. The van der Waals surface area contributed by atoms with E-state index in [1.165, 1.54) is 19.3 Å². The molecule has 0 saturated carbocycles. The lowest BCUT2D eigenvalue weighted by molar-refractivity contribution is -0.137. The van der Waals surface area contributed by atoms with Gasteiger partial charge in [0.1, 0.15) is 6.73 Å². The van der Waals surface area contributed by atoms with Gasteiger partial charge in [0, 0.05) is 32.2 Å². The van der Waals surface area contributed by atoms with Crippen LogP contribution in [0.15, 0.2) is 12.2 Å². The number of methoxy groups -OCH3 is 1. The van der Waals surface area contributed by atoms with Crippen LogP contribution in [0, 0.1) is 0 Å². The maximum absolute atomic E-state index is 11.8. The van der Waals surface area contributed by atoms with Crippen LogP contribution in [-0.2, 0) is 38.3 Å². The first-order chi connectivity index (χ1) is 16.2. The third kappa shape index (κ3) is 12.3. The van der Waals surface area contributed by atoms with Crippen molar-refractivity contribution in [3.8, 4) is 0 Å². The minimum atomic E-state index is -0.621. The molecule has 0 bridgehead atoms. The highest BCUT2D eigenvalue weighted by molar-refractivity contribution is 6.12. The minimum Gasteiger partial charge on any atom is -0.364 e. The summed E-state index contributed by atoms with van der Waals surface area (Å²) in [4.78, 5) is 82.0. The van der Waals surface area contributed by atoms with Crippen LogP contribution in [0.1, 0.15) is 25.7 Å². The Bertz CT molecular complexity index is 795. The summed E-state index contributed by atoms with van der Waals surface area (Å²) in [5.74, 6) is -3.27. The molecule has 0 spiro atoms. The number of imide groups is 1. The van der Waals surface area contributed by atoms with E-state index in [0.29, 0.717) is 25.8 Å². The minimum absolute atomic E-state index is 0.00882. The zero-order valence-electron chi connectivity index (χ0n) is 18.9. The van der Waals surface area contributed by atoms with E-state index >= 15 is 0 Å². The number of hydrogen-bond donors (Lipinski definition) is 5. The molecule has 0 radical (unpaired) electrons. The van der Waals surface area contributed by atoms with Gasteiger partial charge >= 0.3 is 0 Å². The Kier molecular flexibility index (Phi) is 13.2. The molecular weight excluding hydrogens is 452 g/mol. The monoisotopic (exact) mass is 482 g/mol. The average Bonchev–Trinajstić information content (AvgIpc) is 3.14. The first kappa shape index (κ1) is 28.2. The molecule has 1 rings (SSSR count). The van der Waals surface area contributed by atoms with Crippen LogP contribution in [0.2, 0.25) is 0 Å². The SMILES string of the molecule is COCNC(=O)CNC(=O)CNC(=O)CNC(=O)CNC(=O)CCCCCN1C(=O)C=CC1=O. The van der Waals surface area contributed by atoms with Crippen molar-refractivity contribution in [1.82, 2.24) is 31.5 Å². The van der Waals surface area contributed by atoms with Gasteiger partial charge in [0.2, 0.25) is 29.5 Å². The number of hydrogen-bond acceptors (Lipinski definition) is 8. The number of amides is 7. The lowest BCUT2D eigenvalue weighted by Crippen LogP contribution is -2.45. The number of ether oxygens (including phenoxy) is 1. The van der Waals surface area contributed by atoms with Crippen LogP contribution in [0.3, 0.4) is 0 Å². The van der Waals surface area contributed by atoms with E-state index in [0.717, 1.165) is 4.90 Å². The molecule has 0 aromatic carbocycles. The number of rotatable bonds is 16. The molecule has 1 aliphatic rings. The van der Waals surface area contributed by atoms with Gasteiger partial charge in [0.25, 0.3) is 11.8 Å². The van der Waals surface area contributed by atoms with Crippen molar-refractivity contribution >= 4 is 41.4 Å². The quantitative estimate of drug-likeness (QED) is 0.0856. The third-order valence-corrected chi connectivity index (χ3v) is 4.38. The van der Waals surface area contributed by atoms with Gasteiger partial charge < -0.3 is 31.3 Å². The van der Waals surface area contributed by atoms with Crippen molar-refractivity contribution in [2.75, 3.05) is 46.6 Å². The molecule has 0 aromatic rings. The molecule has 0 unspecified atom stereocenters. The van der Waals surface area contributed by atoms with Crippen LogP contribution in [0.4, 0.5) is 0 Å². The zero-order valence-corrected chi connectivity index (χ0v) is 18.9. The van der Waals surface area contributed by atoms with E-state index in [-0.39, 0.29) is 57.1 Å². The summed E-state index contributed by atoms with van der Waals surface area (Å²) in [5, 5.41) is 11.7. The summed E-state index contributed by atoms with van der Waals surface area (Å²) >= 11 is 0. The molecule has 188 valence electrons. The molecular formula is C20H30N6O8. The van der Waals surface area contributed by atoms with E-state index in [4.69, 9.17) is 0 Å². The summed E-state index contributed by atoms with van der Waals surface area (Å²) < 4.78 is 4.64. The van der Waals surface area contributed by atoms with Gasteiger partial charge in [-0.15, -0.1) is 0 Å². The highest BCUT2D eigenvalue weighted by Gasteiger charge is 2.22. The van der Waals surface area contributed by atoms with Gasteiger partial charge in [-0.3, -0.25) is 38.5 Å². The topological polar surface area (TPSA) is 192 Å². The van der Waals surface area contributed by atoms with Crippen LogP contribution in [0.25, 0.3) is 0 Å². The molecule has 1 heterocycles. The van der Waals surface area contributed by atoms with Crippen LogP contribution < -0.4 is 26.6 Å². The van der Waals surface area contributed by atoms with E-state index < -0.39 is 23.6 Å². The van der Waals surface area contributed by atoms with Gasteiger partial charge in [-0.25, -0.2) is 0 Å². The first-order valence-corrected chi connectivity index (χ1v) is 10.6. The van der Waals surface area contributed by atoms with Crippen molar-refractivity contribution in [2.24, 2.45) is 0 Å². The lowest BCUT2D eigenvalue weighted by Gasteiger charge is -2.13. The maximum atomic E-state index is 11.8. The smallest absolute Gasteiger partial charge is 0.253 e. The highest BCUT2D eigenvalue weighted by Crippen LogP contribution is 2.07. The van der Waals surface area contributed by atoms with E-state index in [9.17, 15) is 33.6 Å². The van der Waals surface area contributed by atoms with Gasteiger partial charge in [0.05, 0.1) is 26.2 Å². The Morgan fingerprint density at radius 3 is 1.59 bits per heavy atom. The van der Waals surface area contributed by atoms with Crippen molar-refractivity contribution in [1.29, 1.82) is 0 Å². The Morgan fingerprint density at radius 1 is 0.676 bits per heavy atom. The molecule has 1 aliphatic heterocycles. The Labute approximate surface area is 196 Å². The molecule has 14 heteroatoms. The van der Waals surface area contributed by atoms with E-state index in [1.807, 2.05) is 0 Å². The standard InChI is InChI=1S/C20H30N6O8/c1-34-13-25-18(31)12-24-17(30)11-23-16(29)10-22-15(28)9-21-14(27)5-3-2-4-8-26-19(32)6-7-20(26)33/h6-7H,2-5,8-13H2,1H3,(H,21,27)(H,22,28)(H,23,29)(H,24,30)(H,25,31). The summed E-state index contributed by atoms with van der Waals surface area (Å²) in [6.45, 7) is -1.05. The fourth-order valence-corrected chi connectivity index (χ4v) is 2.59. The summed E-state index contributed by atoms with van der Waals surface area (Å²) in [7, 11) is 1.40. The Morgan fingerprint density at radius 2 is 1.12 bits per heavy atom. The molecule has 34 heavy (non-hydrogen) atoms. The zero-order chi connectivity index (χ0) is 25.3. The van der Waals surface area contributed by atoms with Gasteiger partial charge in [-0.2, -0.15) is 0 Å². The van der Waals surface area contributed by atoms with Crippen molar-refractivity contribution < 1.29 is 38.3 Å². The van der Waals surface area contributed by atoms with E-state index in [1.54, 1.807) is 0 Å². The number of unbranched alkanes of at least 4 members (excludes halogenated alkanes) is 2. The fourth-order valence-electron chi connectivity index (χ4n) is 2.59. The van der Waals surface area contributed by atoms with E-state index in [2.05, 4.69) is 31.3 Å². The molecule has 0 aliphatic carbocycles. The van der Waals surface area contributed by atoms with Crippen molar-refractivity contribution in [3.63, 3.8) is 0 Å². The fraction of sp³-hybridized carbons (Fsp3) is 0.550. The summed E-state index contributed by atoms with van der Waals surface area (Å²) in [5.41, 5.74) is 0. The Hall–Kier alpha value is -3.81. The number of nitrogens with zero attached hydrogens (tertiary/aromatic N) is 1. The molecule has 0 saturated heterocycles. The molecule has 5 N–H and O–H groups in total. The second-order valence-corrected chi connectivity index (χ2v) is 7.11. The predicted octanol–water partition coefficient (Wildman–Crippen LogP) is -3.34. The maximum Gasteiger partial charge on any atom is 0.253 e. The molecule has 0 aromatic heterocycles. The second kappa shape index (κ2) is 15.9. The van der Waals surface area contributed by atoms with Crippen LogP contribution in [0.5, 0.6) is 0 Å². The van der Waals surface area contributed by atoms with Crippen molar-refractivity contribution in [2.45, 2.75) is 25.7 Å². The van der Waals surface area contributed by atoms with Gasteiger partial charge in [-0.1, -0.05) is 6.42 Å². The molecule has 14 nitrogen and oxygen atoms in total. The molecule has 0 fully saturated rings. The second-order valence-electron chi connectivity index (χ2n) is 7.11. The van der Waals surface area contributed by atoms with Gasteiger partial charge in [0.15, 0.2) is 0 Å². The van der Waals surface area contributed by atoms with Crippen molar-refractivity contribution in [3.05, 3.63) is 12.2 Å². The average molecular weight is 482 g/mol.